The van der Waals surface area contributed by atoms with Crippen LogP contribution < -0.4 is 15.8 Å². The van der Waals surface area contributed by atoms with Gasteiger partial charge < -0.3 is 10.6 Å². The Morgan fingerprint density at radius 3 is 2.19 bits per heavy atom. The van der Waals surface area contributed by atoms with E-state index in [0.717, 1.165) is 17.5 Å². The molecule has 0 aromatic heterocycles. The Bertz CT molecular complexity index is 841. The summed E-state index contributed by atoms with van der Waals surface area (Å²) >= 11 is 0. The van der Waals surface area contributed by atoms with E-state index in [2.05, 4.69) is 15.6 Å². The standard InChI is InChI=1S/C18H23FN4O2S.HI/c1-2-21-18(22-12-11-14-3-7-16(19)8-4-14)23-13-15-5-9-17(10-6-15)26(20,24)25;/h3-10H,2,11-13H2,1H3,(H2,20,24,25)(H2,21,22,23);1H. The van der Waals surface area contributed by atoms with Gasteiger partial charge in [-0.2, -0.15) is 0 Å². The molecular weight excluding hydrogens is 482 g/mol. The number of primary sulfonamides is 1. The van der Waals surface area contributed by atoms with Crippen molar-refractivity contribution in [3.8, 4) is 0 Å². The highest BCUT2D eigenvalue weighted by Gasteiger charge is 2.06. The molecule has 0 heterocycles. The van der Waals surface area contributed by atoms with Crippen LogP contribution in [0.4, 0.5) is 4.39 Å². The Labute approximate surface area is 176 Å². The minimum atomic E-state index is -3.68. The summed E-state index contributed by atoms with van der Waals surface area (Å²) < 4.78 is 35.4. The minimum Gasteiger partial charge on any atom is -0.357 e. The number of aliphatic imine (C=N–C) groups is 1. The smallest absolute Gasteiger partial charge is 0.238 e. The summed E-state index contributed by atoms with van der Waals surface area (Å²) in [6.45, 7) is 3.74. The molecule has 0 bridgehead atoms. The summed E-state index contributed by atoms with van der Waals surface area (Å²) in [6.07, 6.45) is 0.744. The molecule has 0 aliphatic heterocycles. The van der Waals surface area contributed by atoms with E-state index in [1.807, 2.05) is 6.92 Å². The number of nitrogens with zero attached hydrogens (tertiary/aromatic N) is 1. The third kappa shape index (κ3) is 8.22. The molecule has 6 nitrogen and oxygen atoms in total. The van der Waals surface area contributed by atoms with Crippen molar-refractivity contribution in [1.82, 2.24) is 10.6 Å². The molecule has 0 radical (unpaired) electrons. The van der Waals surface area contributed by atoms with E-state index < -0.39 is 10.0 Å². The zero-order chi connectivity index (χ0) is 19.0. The van der Waals surface area contributed by atoms with E-state index in [0.29, 0.717) is 25.6 Å². The van der Waals surface area contributed by atoms with Crippen LogP contribution in [0.1, 0.15) is 18.1 Å². The number of hydrogen-bond acceptors (Lipinski definition) is 3. The Morgan fingerprint density at radius 1 is 1.04 bits per heavy atom. The highest BCUT2D eigenvalue weighted by Crippen LogP contribution is 2.09. The van der Waals surface area contributed by atoms with Gasteiger partial charge in [0.1, 0.15) is 5.82 Å². The molecule has 27 heavy (non-hydrogen) atoms. The van der Waals surface area contributed by atoms with Gasteiger partial charge in [-0.1, -0.05) is 24.3 Å². The SMILES string of the molecule is CCNC(=NCc1ccc(S(N)(=O)=O)cc1)NCCc1ccc(F)cc1.I. The molecule has 2 aromatic carbocycles. The Morgan fingerprint density at radius 2 is 1.63 bits per heavy atom. The third-order valence-corrected chi connectivity index (χ3v) is 4.56. The van der Waals surface area contributed by atoms with Gasteiger partial charge in [0.25, 0.3) is 0 Å². The largest absolute Gasteiger partial charge is 0.357 e. The lowest BCUT2D eigenvalue weighted by molar-refractivity contribution is 0.597. The van der Waals surface area contributed by atoms with Gasteiger partial charge in [-0.25, -0.2) is 22.9 Å². The first-order valence-electron chi connectivity index (χ1n) is 8.27. The average molecular weight is 506 g/mol. The molecule has 0 aliphatic carbocycles. The summed E-state index contributed by atoms with van der Waals surface area (Å²) in [5.74, 6) is 0.412. The van der Waals surface area contributed by atoms with E-state index in [-0.39, 0.29) is 34.7 Å². The number of sulfonamides is 1. The quantitative estimate of drug-likeness (QED) is 0.305. The van der Waals surface area contributed by atoms with Gasteiger partial charge >= 0.3 is 0 Å². The number of halogens is 2. The van der Waals surface area contributed by atoms with Gasteiger partial charge in [0.2, 0.25) is 10.0 Å². The first kappa shape index (κ1) is 23.3. The zero-order valence-corrected chi connectivity index (χ0v) is 18.1. The van der Waals surface area contributed by atoms with Crippen molar-refractivity contribution in [3.05, 3.63) is 65.5 Å². The van der Waals surface area contributed by atoms with Crippen molar-refractivity contribution in [2.75, 3.05) is 13.1 Å². The van der Waals surface area contributed by atoms with Gasteiger partial charge in [0.05, 0.1) is 11.4 Å². The molecular formula is C18H24FIN4O2S. The van der Waals surface area contributed by atoms with Gasteiger partial charge in [0.15, 0.2) is 5.96 Å². The Balaban J connectivity index is 0.00000364. The maximum absolute atomic E-state index is 12.9. The Hall–Kier alpha value is -1.72. The van der Waals surface area contributed by atoms with Crippen LogP contribution in [-0.2, 0) is 23.0 Å². The number of nitrogens with two attached hydrogens (primary N) is 1. The maximum Gasteiger partial charge on any atom is 0.238 e. The molecule has 0 fully saturated rings. The molecule has 0 saturated carbocycles. The highest BCUT2D eigenvalue weighted by atomic mass is 127. The third-order valence-electron chi connectivity index (χ3n) is 3.64. The predicted molar refractivity (Wildman–Crippen MR) is 116 cm³/mol. The van der Waals surface area contributed by atoms with E-state index >= 15 is 0 Å². The van der Waals surface area contributed by atoms with Crippen molar-refractivity contribution in [2.24, 2.45) is 10.1 Å². The second kappa shape index (κ2) is 11.2. The summed E-state index contributed by atoms with van der Waals surface area (Å²) in [7, 11) is -3.68. The second-order valence-corrected chi connectivity index (χ2v) is 7.25. The summed E-state index contributed by atoms with van der Waals surface area (Å²) in [5, 5.41) is 11.4. The fourth-order valence-corrected chi connectivity index (χ4v) is 2.79. The van der Waals surface area contributed by atoms with Crippen molar-refractivity contribution in [3.63, 3.8) is 0 Å². The van der Waals surface area contributed by atoms with Gasteiger partial charge in [-0.3, -0.25) is 0 Å². The lowest BCUT2D eigenvalue weighted by Gasteiger charge is -2.11. The first-order valence-corrected chi connectivity index (χ1v) is 9.81. The molecule has 148 valence electrons. The second-order valence-electron chi connectivity index (χ2n) is 5.69. The molecule has 2 aromatic rings. The van der Waals surface area contributed by atoms with Crippen LogP contribution in [0.15, 0.2) is 58.4 Å². The van der Waals surface area contributed by atoms with Gasteiger partial charge in [-0.15, -0.1) is 24.0 Å². The fourth-order valence-electron chi connectivity index (χ4n) is 2.27. The molecule has 0 spiro atoms. The normalized spacial score (nSPS) is 11.6. The number of rotatable bonds is 7. The number of benzene rings is 2. The van der Waals surface area contributed by atoms with E-state index in [9.17, 15) is 12.8 Å². The number of guanidine groups is 1. The molecule has 0 atom stereocenters. The Kier molecular flexibility index (Phi) is 9.67. The maximum atomic E-state index is 12.9. The lowest BCUT2D eigenvalue weighted by Crippen LogP contribution is -2.38. The van der Waals surface area contributed by atoms with Crippen LogP contribution in [0.3, 0.4) is 0 Å². The van der Waals surface area contributed by atoms with Crippen LogP contribution in [0.25, 0.3) is 0 Å². The summed E-state index contributed by atoms with van der Waals surface area (Å²) in [5.41, 5.74) is 1.90. The summed E-state index contributed by atoms with van der Waals surface area (Å²) in [4.78, 5) is 4.55. The molecule has 2 rings (SSSR count). The van der Waals surface area contributed by atoms with E-state index in [1.165, 1.54) is 24.3 Å². The fraction of sp³-hybridized carbons (Fsp3) is 0.278. The van der Waals surface area contributed by atoms with Crippen LogP contribution in [0.5, 0.6) is 0 Å². The van der Waals surface area contributed by atoms with Crippen LogP contribution in [0.2, 0.25) is 0 Å². The predicted octanol–water partition coefficient (Wildman–Crippen LogP) is 2.39. The van der Waals surface area contributed by atoms with Crippen LogP contribution in [0, 0.1) is 5.82 Å². The van der Waals surface area contributed by atoms with Crippen molar-refractivity contribution in [2.45, 2.75) is 24.8 Å². The monoisotopic (exact) mass is 506 g/mol. The van der Waals surface area contributed by atoms with Gasteiger partial charge in [0, 0.05) is 13.1 Å². The van der Waals surface area contributed by atoms with Crippen LogP contribution in [-0.4, -0.2) is 27.5 Å². The molecule has 0 aliphatic rings. The lowest BCUT2D eigenvalue weighted by atomic mass is 10.1. The molecule has 0 amide bonds. The average Bonchev–Trinajstić information content (AvgIpc) is 2.61. The molecule has 9 heteroatoms. The van der Waals surface area contributed by atoms with Crippen LogP contribution >= 0.6 is 24.0 Å². The van der Waals surface area contributed by atoms with Gasteiger partial charge in [-0.05, 0) is 48.7 Å². The van der Waals surface area contributed by atoms with Crippen molar-refractivity contribution < 1.29 is 12.8 Å². The first-order chi connectivity index (χ1) is 12.4. The molecule has 0 unspecified atom stereocenters. The molecule has 4 N–H and O–H groups in total. The van der Waals surface area contributed by atoms with Crippen molar-refractivity contribution >= 4 is 40.0 Å². The number of nitrogens with one attached hydrogen (secondary N) is 2. The van der Waals surface area contributed by atoms with E-state index in [1.54, 1.807) is 24.3 Å². The topological polar surface area (TPSA) is 96.6 Å². The highest BCUT2D eigenvalue weighted by molar-refractivity contribution is 14.0. The number of hydrogen-bond donors (Lipinski definition) is 3. The van der Waals surface area contributed by atoms with E-state index in [4.69, 9.17) is 5.14 Å². The molecule has 0 saturated heterocycles. The van der Waals surface area contributed by atoms with Crippen molar-refractivity contribution in [1.29, 1.82) is 0 Å². The minimum absolute atomic E-state index is 0. The summed E-state index contributed by atoms with van der Waals surface area (Å²) in [6, 6.07) is 12.7. The zero-order valence-electron chi connectivity index (χ0n) is 15.0.